The maximum Gasteiger partial charge on any atom is 0.328 e. The molecule has 5 nitrogen and oxygen atoms in total. The predicted octanol–water partition coefficient (Wildman–Crippen LogP) is 2.93. The van der Waals surface area contributed by atoms with Crippen LogP contribution in [-0.4, -0.2) is 24.6 Å². The molecule has 0 saturated carbocycles. The second kappa shape index (κ2) is 12.8. The van der Waals surface area contributed by atoms with Gasteiger partial charge in [-0.1, -0.05) is 58.3 Å². The topological polar surface area (TPSA) is 88.2 Å². The Bertz CT molecular complexity index is 270. The summed E-state index contributed by atoms with van der Waals surface area (Å²) in [5.41, 5.74) is 5.29. The smallest absolute Gasteiger partial charge is 0.328 e. The van der Waals surface area contributed by atoms with Gasteiger partial charge in [-0.3, -0.25) is 5.41 Å². The number of hydrogen-bond acceptors (Lipinski definition) is 3. The first-order valence-electron chi connectivity index (χ1n) is 7.89. The molecule has 0 spiro atoms. The van der Waals surface area contributed by atoms with E-state index in [9.17, 15) is 4.79 Å². The second-order valence-corrected chi connectivity index (χ2v) is 5.13. The fourth-order valence-corrected chi connectivity index (χ4v) is 2.16. The van der Waals surface area contributed by atoms with Crippen LogP contribution in [0.4, 0.5) is 0 Å². The van der Waals surface area contributed by atoms with Crippen LogP contribution in [0.5, 0.6) is 0 Å². The fraction of sp³-hybridized carbons (Fsp3) is 0.867. The molecule has 0 aliphatic rings. The van der Waals surface area contributed by atoms with Crippen molar-refractivity contribution in [1.82, 2.24) is 5.32 Å². The summed E-state index contributed by atoms with van der Waals surface area (Å²) in [6.45, 7) is 4.35. The van der Waals surface area contributed by atoms with Gasteiger partial charge in [0, 0.05) is 0 Å². The van der Waals surface area contributed by atoms with Gasteiger partial charge in [0.05, 0.1) is 6.61 Å². The number of carbonyl (C=O) groups excluding carboxylic acids is 1. The van der Waals surface area contributed by atoms with E-state index in [0.717, 1.165) is 12.8 Å². The van der Waals surface area contributed by atoms with Gasteiger partial charge >= 0.3 is 5.97 Å². The third-order valence-electron chi connectivity index (χ3n) is 3.25. The van der Waals surface area contributed by atoms with Crippen molar-refractivity contribution >= 4 is 11.9 Å². The molecule has 0 aliphatic heterocycles. The molecule has 0 aliphatic carbocycles. The Morgan fingerprint density at radius 2 is 1.65 bits per heavy atom. The largest absolute Gasteiger partial charge is 0.464 e. The van der Waals surface area contributed by atoms with E-state index in [2.05, 4.69) is 12.2 Å². The standard InChI is InChI=1S/C15H31N3O2/c1-3-5-6-7-8-9-10-11-12-13(18-15(16)17)14(19)20-4-2/h13H,3-12H2,1-2H3,(H4,16,17,18). The summed E-state index contributed by atoms with van der Waals surface area (Å²) in [6.07, 6.45) is 10.5. The van der Waals surface area contributed by atoms with E-state index in [4.69, 9.17) is 15.9 Å². The molecule has 20 heavy (non-hydrogen) atoms. The van der Waals surface area contributed by atoms with Crippen LogP contribution in [0.3, 0.4) is 0 Å². The number of nitrogens with one attached hydrogen (secondary N) is 2. The second-order valence-electron chi connectivity index (χ2n) is 5.13. The molecule has 1 unspecified atom stereocenters. The molecule has 0 radical (unpaired) electrons. The fourth-order valence-electron chi connectivity index (χ4n) is 2.16. The highest BCUT2D eigenvalue weighted by Crippen LogP contribution is 2.11. The molecule has 0 bridgehead atoms. The SMILES string of the molecule is CCCCCCCCCCC(NC(=N)N)C(=O)OCC. The van der Waals surface area contributed by atoms with Gasteiger partial charge in [0.15, 0.2) is 5.96 Å². The highest BCUT2D eigenvalue weighted by Gasteiger charge is 2.19. The molecule has 1 atom stereocenters. The zero-order valence-corrected chi connectivity index (χ0v) is 13.0. The molecule has 0 aromatic heterocycles. The van der Waals surface area contributed by atoms with Gasteiger partial charge < -0.3 is 15.8 Å². The van der Waals surface area contributed by atoms with Gasteiger partial charge in [0.2, 0.25) is 0 Å². The highest BCUT2D eigenvalue weighted by atomic mass is 16.5. The Balaban J connectivity index is 3.73. The number of ether oxygens (including phenoxy) is 1. The predicted molar refractivity (Wildman–Crippen MR) is 82.7 cm³/mol. The average molecular weight is 285 g/mol. The van der Waals surface area contributed by atoms with Crippen molar-refractivity contribution in [2.24, 2.45) is 5.73 Å². The summed E-state index contributed by atoms with van der Waals surface area (Å²) < 4.78 is 4.97. The summed E-state index contributed by atoms with van der Waals surface area (Å²) >= 11 is 0. The lowest BCUT2D eigenvalue weighted by Crippen LogP contribution is -2.44. The molecule has 0 rings (SSSR count). The van der Waals surface area contributed by atoms with Crippen molar-refractivity contribution in [2.75, 3.05) is 6.61 Å². The lowest BCUT2D eigenvalue weighted by Gasteiger charge is -2.16. The van der Waals surface area contributed by atoms with Gasteiger partial charge in [0.1, 0.15) is 6.04 Å². The van der Waals surface area contributed by atoms with Crippen molar-refractivity contribution in [2.45, 2.75) is 77.7 Å². The maximum absolute atomic E-state index is 11.7. The van der Waals surface area contributed by atoms with E-state index in [0.29, 0.717) is 13.0 Å². The van der Waals surface area contributed by atoms with E-state index >= 15 is 0 Å². The number of hydrogen-bond donors (Lipinski definition) is 3. The number of rotatable bonds is 12. The molecule has 0 heterocycles. The third kappa shape index (κ3) is 10.6. The molecule has 5 heteroatoms. The van der Waals surface area contributed by atoms with Crippen molar-refractivity contribution in [1.29, 1.82) is 5.41 Å². The molecular weight excluding hydrogens is 254 g/mol. The third-order valence-corrected chi connectivity index (χ3v) is 3.25. The first-order valence-corrected chi connectivity index (χ1v) is 7.89. The van der Waals surface area contributed by atoms with Crippen LogP contribution in [0.2, 0.25) is 0 Å². The number of esters is 1. The Hall–Kier alpha value is -1.26. The Labute approximate surface area is 123 Å². The summed E-state index contributed by atoms with van der Waals surface area (Å²) in [6, 6.07) is -0.479. The zero-order valence-electron chi connectivity index (χ0n) is 13.0. The first kappa shape index (κ1) is 18.7. The minimum Gasteiger partial charge on any atom is -0.464 e. The van der Waals surface area contributed by atoms with Crippen molar-refractivity contribution < 1.29 is 9.53 Å². The highest BCUT2D eigenvalue weighted by molar-refractivity contribution is 5.83. The van der Waals surface area contributed by atoms with Gasteiger partial charge in [-0.2, -0.15) is 0 Å². The van der Waals surface area contributed by atoms with Crippen molar-refractivity contribution in [3.05, 3.63) is 0 Å². The molecular formula is C15H31N3O2. The quantitative estimate of drug-likeness (QED) is 0.223. The van der Waals surface area contributed by atoms with Crippen LogP contribution in [0.25, 0.3) is 0 Å². The molecule has 0 amide bonds. The molecule has 0 aromatic rings. The summed E-state index contributed by atoms with van der Waals surface area (Å²) in [5, 5.41) is 9.89. The van der Waals surface area contributed by atoms with Crippen LogP contribution in [0.1, 0.15) is 71.6 Å². The molecule has 0 saturated heterocycles. The summed E-state index contributed by atoms with van der Waals surface area (Å²) in [4.78, 5) is 11.7. The Kier molecular flexibility index (Phi) is 12.0. The zero-order chi connectivity index (χ0) is 15.2. The lowest BCUT2D eigenvalue weighted by molar-refractivity contribution is -0.145. The minimum absolute atomic E-state index is 0.178. The molecule has 4 N–H and O–H groups in total. The van der Waals surface area contributed by atoms with E-state index in [1.54, 1.807) is 6.92 Å². The van der Waals surface area contributed by atoms with E-state index < -0.39 is 6.04 Å². The number of unbranched alkanes of at least 4 members (excludes halogenated alkanes) is 7. The Morgan fingerprint density at radius 3 is 2.15 bits per heavy atom. The lowest BCUT2D eigenvalue weighted by atomic mass is 10.0. The van der Waals surface area contributed by atoms with Crippen molar-refractivity contribution in [3.63, 3.8) is 0 Å². The van der Waals surface area contributed by atoms with E-state index in [-0.39, 0.29) is 11.9 Å². The molecule has 0 aromatic carbocycles. The van der Waals surface area contributed by atoms with Crippen LogP contribution in [0.15, 0.2) is 0 Å². The molecule has 0 fully saturated rings. The normalized spacial score (nSPS) is 11.9. The van der Waals surface area contributed by atoms with E-state index in [1.165, 1.54) is 38.5 Å². The first-order chi connectivity index (χ1) is 9.61. The van der Waals surface area contributed by atoms with Crippen molar-refractivity contribution in [3.8, 4) is 0 Å². The van der Waals surface area contributed by atoms with Gasteiger partial charge in [0.25, 0.3) is 0 Å². The average Bonchev–Trinajstić information content (AvgIpc) is 2.40. The summed E-state index contributed by atoms with van der Waals surface area (Å²) in [7, 11) is 0. The monoisotopic (exact) mass is 285 g/mol. The van der Waals surface area contributed by atoms with Crippen LogP contribution in [-0.2, 0) is 9.53 Å². The number of carbonyl (C=O) groups is 1. The van der Waals surface area contributed by atoms with E-state index in [1.807, 2.05) is 0 Å². The summed E-state index contributed by atoms with van der Waals surface area (Å²) in [5.74, 6) is -0.492. The van der Waals surface area contributed by atoms with Crippen LogP contribution < -0.4 is 11.1 Å². The van der Waals surface area contributed by atoms with Crippen LogP contribution >= 0.6 is 0 Å². The van der Waals surface area contributed by atoms with Crippen LogP contribution in [0, 0.1) is 5.41 Å². The number of guanidine groups is 1. The maximum atomic E-state index is 11.7. The van der Waals surface area contributed by atoms with Gasteiger partial charge in [-0.25, -0.2) is 4.79 Å². The Morgan fingerprint density at radius 1 is 1.10 bits per heavy atom. The molecule has 118 valence electrons. The van der Waals surface area contributed by atoms with Gasteiger partial charge in [-0.05, 0) is 13.3 Å². The number of nitrogens with two attached hydrogens (primary N) is 1. The minimum atomic E-state index is -0.479. The van der Waals surface area contributed by atoms with Gasteiger partial charge in [-0.15, -0.1) is 0 Å².